The summed E-state index contributed by atoms with van der Waals surface area (Å²) < 4.78 is 7.23. The second-order valence-corrected chi connectivity index (χ2v) is 10.7. The lowest BCUT2D eigenvalue weighted by Crippen LogP contribution is -2.47. The van der Waals surface area contributed by atoms with Crippen LogP contribution in [0.4, 0.5) is 0 Å². The van der Waals surface area contributed by atoms with Crippen molar-refractivity contribution in [1.82, 2.24) is 30.1 Å². The molecule has 1 saturated carbocycles. The minimum Gasteiger partial charge on any atom is -0.497 e. The molecule has 2 aromatic carbocycles. The molecule has 3 heterocycles. The standard InChI is InChI=1S/C29H34N6O2/c1-37-23-12-11-22-17-24(28(36)30-25(22)18-23)26(34-16-8-15-29(20-34)13-6-3-7-14-29)27-31-32-33-35(27)19-21-9-4-2-5-10-21/h2,4-5,9-12,17-18,26H,3,6-8,13-16,19-20H2,1H3,(H,30,36)/t26-/m1/s1. The van der Waals surface area contributed by atoms with Crippen molar-refractivity contribution in [1.29, 1.82) is 0 Å². The topological polar surface area (TPSA) is 88.9 Å². The first kappa shape index (κ1) is 23.9. The highest BCUT2D eigenvalue weighted by Gasteiger charge is 2.41. The van der Waals surface area contributed by atoms with Crippen molar-refractivity contribution >= 4 is 10.9 Å². The molecule has 1 atom stereocenters. The average molecular weight is 499 g/mol. The lowest BCUT2D eigenvalue weighted by molar-refractivity contribution is 0.0340. The van der Waals surface area contributed by atoms with Crippen LogP contribution in [0.3, 0.4) is 0 Å². The highest BCUT2D eigenvalue weighted by atomic mass is 16.5. The highest BCUT2D eigenvalue weighted by Crippen LogP contribution is 2.45. The van der Waals surface area contributed by atoms with Crippen LogP contribution < -0.4 is 10.3 Å². The Hall–Kier alpha value is -3.52. The molecule has 6 rings (SSSR count). The molecule has 0 amide bonds. The van der Waals surface area contributed by atoms with E-state index in [4.69, 9.17) is 4.74 Å². The van der Waals surface area contributed by atoms with Gasteiger partial charge in [-0.3, -0.25) is 9.69 Å². The van der Waals surface area contributed by atoms with E-state index in [-0.39, 0.29) is 11.6 Å². The summed E-state index contributed by atoms with van der Waals surface area (Å²) in [7, 11) is 1.63. The molecular formula is C29H34N6O2. The van der Waals surface area contributed by atoms with Crippen molar-refractivity contribution in [2.24, 2.45) is 5.41 Å². The number of nitrogens with zero attached hydrogens (tertiary/aromatic N) is 5. The number of piperidine rings is 1. The number of ether oxygens (including phenoxy) is 1. The van der Waals surface area contributed by atoms with Crippen LogP contribution in [-0.4, -0.2) is 50.3 Å². The third-order valence-electron chi connectivity index (χ3n) is 8.33. The maximum absolute atomic E-state index is 13.6. The van der Waals surface area contributed by atoms with Gasteiger partial charge in [0, 0.05) is 18.2 Å². The number of nitrogens with one attached hydrogen (secondary N) is 1. The van der Waals surface area contributed by atoms with Gasteiger partial charge in [-0.05, 0) is 77.2 Å². The molecule has 0 radical (unpaired) electrons. The van der Waals surface area contributed by atoms with Crippen LogP contribution in [0, 0.1) is 5.41 Å². The molecule has 4 aromatic rings. The van der Waals surface area contributed by atoms with Crippen LogP contribution in [-0.2, 0) is 6.54 Å². The van der Waals surface area contributed by atoms with Crippen LogP contribution in [0.5, 0.6) is 5.75 Å². The van der Waals surface area contributed by atoms with Crippen molar-refractivity contribution in [3.63, 3.8) is 0 Å². The molecule has 1 aliphatic heterocycles. The fraction of sp³-hybridized carbons (Fsp3) is 0.448. The maximum Gasteiger partial charge on any atom is 0.253 e. The summed E-state index contributed by atoms with van der Waals surface area (Å²) >= 11 is 0. The first-order chi connectivity index (χ1) is 18.1. The van der Waals surface area contributed by atoms with Gasteiger partial charge in [0.25, 0.3) is 5.56 Å². The molecule has 192 valence electrons. The highest BCUT2D eigenvalue weighted by molar-refractivity contribution is 5.80. The van der Waals surface area contributed by atoms with Crippen molar-refractivity contribution in [2.75, 3.05) is 20.2 Å². The number of hydrogen-bond acceptors (Lipinski definition) is 6. The van der Waals surface area contributed by atoms with E-state index in [2.05, 4.69) is 37.5 Å². The summed E-state index contributed by atoms with van der Waals surface area (Å²) in [5, 5.41) is 14.0. The molecule has 1 aliphatic carbocycles. The zero-order valence-corrected chi connectivity index (χ0v) is 21.4. The Kier molecular flexibility index (Phi) is 6.50. The Labute approximate surface area is 216 Å². The minimum atomic E-state index is -0.326. The van der Waals surface area contributed by atoms with Crippen molar-refractivity contribution in [3.05, 3.63) is 81.9 Å². The van der Waals surface area contributed by atoms with Gasteiger partial charge in [0.2, 0.25) is 0 Å². The Bertz CT molecular complexity index is 1420. The van der Waals surface area contributed by atoms with E-state index in [0.717, 1.165) is 47.6 Å². The van der Waals surface area contributed by atoms with Gasteiger partial charge >= 0.3 is 0 Å². The number of fused-ring (bicyclic) bond motifs is 1. The smallest absolute Gasteiger partial charge is 0.253 e. The minimum absolute atomic E-state index is 0.108. The van der Waals surface area contributed by atoms with E-state index < -0.39 is 0 Å². The van der Waals surface area contributed by atoms with E-state index in [1.54, 1.807) is 7.11 Å². The number of pyridine rings is 1. The van der Waals surface area contributed by atoms with Gasteiger partial charge in [0.1, 0.15) is 11.8 Å². The van der Waals surface area contributed by atoms with Crippen molar-refractivity contribution in [2.45, 2.75) is 57.5 Å². The Morgan fingerprint density at radius 2 is 1.84 bits per heavy atom. The summed E-state index contributed by atoms with van der Waals surface area (Å²) in [4.78, 5) is 19.2. The van der Waals surface area contributed by atoms with Gasteiger partial charge in [0.05, 0.1) is 19.2 Å². The summed E-state index contributed by atoms with van der Waals surface area (Å²) in [5.41, 5.74) is 2.79. The third-order valence-corrected chi connectivity index (χ3v) is 8.33. The predicted molar refractivity (Wildman–Crippen MR) is 143 cm³/mol. The van der Waals surface area contributed by atoms with Crippen LogP contribution >= 0.6 is 0 Å². The van der Waals surface area contributed by atoms with Crippen molar-refractivity contribution < 1.29 is 4.74 Å². The van der Waals surface area contributed by atoms with Crippen LogP contribution in [0.2, 0.25) is 0 Å². The van der Waals surface area contributed by atoms with E-state index in [1.165, 1.54) is 38.5 Å². The third kappa shape index (κ3) is 4.78. The second kappa shape index (κ2) is 10.1. The van der Waals surface area contributed by atoms with Gasteiger partial charge in [0.15, 0.2) is 5.82 Å². The first-order valence-electron chi connectivity index (χ1n) is 13.4. The first-order valence-corrected chi connectivity index (χ1v) is 13.4. The lowest BCUT2D eigenvalue weighted by Gasteiger charge is -2.47. The van der Waals surface area contributed by atoms with E-state index in [0.29, 0.717) is 17.5 Å². The van der Waals surface area contributed by atoms with Gasteiger partial charge in [-0.25, -0.2) is 4.68 Å². The normalized spacial score (nSPS) is 18.7. The largest absolute Gasteiger partial charge is 0.497 e. The number of methoxy groups -OCH3 is 1. The Balaban J connectivity index is 1.45. The number of likely N-dealkylation sites (tertiary alicyclic amines) is 1. The molecule has 0 bridgehead atoms. The molecule has 37 heavy (non-hydrogen) atoms. The van der Waals surface area contributed by atoms with Crippen molar-refractivity contribution in [3.8, 4) is 5.75 Å². The van der Waals surface area contributed by atoms with Crippen LogP contribution in [0.15, 0.2) is 59.4 Å². The number of hydrogen-bond donors (Lipinski definition) is 1. The maximum atomic E-state index is 13.6. The summed E-state index contributed by atoms with van der Waals surface area (Å²) in [5.74, 6) is 1.43. The zero-order chi connectivity index (χ0) is 25.2. The van der Waals surface area contributed by atoms with Gasteiger partial charge in [-0.1, -0.05) is 49.6 Å². The molecule has 0 unspecified atom stereocenters. The monoisotopic (exact) mass is 498 g/mol. The number of aromatic amines is 1. The Morgan fingerprint density at radius 3 is 2.65 bits per heavy atom. The molecule has 8 nitrogen and oxygen atoms in total. The van der Waals surface area contributed by atoms with E-state index in [1.807, 2.05) is 47.1 Å². The summed E-state index contributed by atoms with van der Waals surface area (Å²) in [6.45, 7) is 2.45. The molecule has 8 heteroatoms. The quantitative estimate of drug-likeness (QED) is 0.414. The predicted octanol–water partition coefficient (Wildman–Crippen LogP) is 4.71. The molecule has 2 fully saturated rings. The number of benzene rings is 2. The summed E-state index contributed by atoms with van der Waals surface area (Å²) in [6, 6.07) is 17.7. The van der Waals surface area contributed by atoms with Gasteiger partial charge in [-0.15, -0.1) is 5.10 Å². The van der Waals surface area contributed by atoms with E-state index in [9.17, 15) is 4.79 Å². The second-order valence-electron chi connectivity index (χ2n) is 10.7. The average Bonchev–Trinajstić information content (AvgIpc) is 3.37. The Morgan fingerprint density at radius 1 is 1.03 bits per heavy atom. The molecule has 1 saturated heterocycles. The SMILES string of the molecule is COc1ccc2cc([C@H](c3nnnn3Cc3ccccc3)N3CCCC4(CCCCC4)C3)c(=O)[nH]c2c1. The summed E-state index contributed by atoms with van der Waals surface area (Å²) in [6.07, 6.45) is 8.83. The molecular weight excluding hydrogens is 464 g/mol. The number of rotatable bonds is 6. The van der Waals surface area contributed by atoms with Crippen LogP contribution in [0.25, 0.3) is 10.9 Å². The molecule has 1 N–H and O–H groups in total. The lowest BCUT2D eigenvalue weighted by atomic mass is 9.69. The van der Waals surface area contributed by atoms with Gasteiger partial charge < -0.3 is 9.72 Å². The van der Waals surface area contributed by atoms with Crippen LogP contribution in [0.1, 0.15) is 67.9 Å². The van der Waals surface area contributed by atoms with Gasteiger partial charge in [-0.2, -0.15) is 0 Å². The zero-order valence-electron chi connectivity index (χ0n) is 21.4. The van der Waals surface area contributed by atoms with E-state index >= 15 is 0 Å². The molecule has 2 aliphatic rings. The fourth-order valence-electron chi connectivity index (χ4n) is 6.48. The number of H-pyrrole nitrogens is 1. The molecule has 1 spiro atoms. The fourth-order valence-corrected chi connectivity index (χ4v) is 6.48. The molecule has 2 aromatic heterocycles. The number of aromatic nitrogens is 5. The number of tetrazole rings is 1.